The standard InChI is InChI=1S/C13H17NO4/c1-2-13(17)14-7-3-4-8-18-12-9-10(15)5-6-11(12)16/h2,5-6,9,15-16H,1,3-4,7-8H2,(H,14,17). The van der Waals surface area contributed by atoms with E-state index in [0.29, 0.717) is 13.2 Å². The van der Waals surface area contributed by atoms with E-state index in [1.54, 1.807) is 0 Å². The number of unbranched alkanes of at least 4 members (excludes halogenated alkanes) is 1. The first-order valence-corrected chi connectivity index (χ1v) is 5.68. The molecule has 98 valence electrons. The Morgan fingerprint density at radius 2 is 2.17 bits per heavy atom. The first-order chi connectivity index (χ1) is 8.63. The molecule has 0 heterocycles. The van der Waals surface area contributed by atoms with E-state index in [1.807, 2.05) is 0 Å². The lowest BCUT2D eigenvalue weighted by molar-refractivity contribution is -0.116. The van der Waals surface area contributed by atoms with Gasteiger partial charge in [-0.3, -0.25) is 4.79 Å². The molecule has 0 bridgehead atoms. The van der Waals surface area contributed by atoms with Crippen LogP contribution in [0.1, 0.15) is 12.8 Å². The molecule has 5 heteroatoms. The lowest BCUT2D eigenvalue weighted by Crippen LogP contribution is -2.22. The second-order valence-electron chi connectivity index (χ2n) is 3.70. The minimum absolute atomic E-state index is 0.00670. The van der Waals surface area contributed by atoms with Gasteiger partial charge >= 0.3 is 0 Å². The quantitative estimate of drug-likeness (QED) is 0.390. The molecule has 1 aromatic rings. The highest BCUT2D eigenvalue weighted by atomic mass is 16.5. The summed E-state index contributed by atoms with van der Waals surface area (Å²) < 4.78 is 5.31. The number of benzene rings is 1. The number of carbonyl (C=O) groups is 1. The van der Waals surface area contributed by atoms with E-state index >= 15 is 0 Å². The molecule has 1 amide bonds. The summed E-state index contributed by atoms with van der Waals surface area (Å²) >= 11 is 0. The minimum atomic E-state index is -0.193. The summed E-state index contributed by atoms with van der Waals surface area (Å²) in [5, 5.41) is 21.3. The number of hydrogen-bond donors (Lipinski definition) is 3. The van der Waals surface area contributed by atoms with Crippen LogP contribution in [0.5, 0.6) is 17.2 Å². The molecule has 0 unspecified atom stereocenters. The average molecular weight is 251 g/mol. The van der Waals surface area contributed by atoms with Crippen molar-refractivity contribution in [2.45, 2.75) is 12.8 Å². The van der Waals surface area contributed by atoms with Gasteiger partial charge in [0.25, 0.3) is 0 Å². The van der Waals surface area contributed by atoms with Gasteiger partial charge in [-0.15, -0.1) is 0 Å². The normalized spacial score (nSPS) is 9.78. The Morgan fingerprint density at radius 1 is 1.39 bits per heavy atom. The second-order valence-corrected chi connectivity index (χ2v) is 3.70. The zero-order valence-electron chi connectivity index (χ0n) is 10.1. The van der Waals surface area contributed by atoms with Crippen molar-refractivity contribution in [1.29, 1.82) is 0 Å². The van der Waals surface area contributed by atoms with Crippen LogP contribution in [0.3, 0.4) is 0 Å². The number of amides is 1. The molecule has 0 radical (unpaired) electrons. The van der Waals surface area contributed by atoms with E-state index in [9.17, 15) is 15.0 Å². The summed E-state index contributed by atoms with van der Waals surface area (Å²) in [5.74, 6) is 0.0977. The zero-order chi connectivity index (χ0) is 13.4. The van der Waals surface area contributed by atoms with Gasteiger partial charge in [0.15, 0.2) is 11.5 Å². The highest BCUT2D eigenvalue weighted by Crippen LogP contribution is 2.29. The zero-order valence-corrected chi connectivity index (χ0v) is 10.1. The lowest BCUT2D eigenvalue weighted by atomic mass is 10.3. The number of phenolic OH excluding ortho intramolecular Hbond substituents is 2. The van der Waals surface area contributed by atoms with Crippen LogP contribution in [0, 0.1) is 0 Å². The molecule has 0 aliphatic rings. The molecule has 0 saturated carbocycles. The molecular formula is C13H17NO4. The molecule has 0 fully saturated rings. The van der Waals surface area contributed by atoms with Crippen LogP contribution in [0.4, 0.5) is 0 Å². The van der Waals surface area contributed by atoms with Crippen molar-refractivity contribution in [3.63, 3.8) is 0 Å². The monoisotopic (exact) mass is 251 g/mol. The van der Waals surface area contributed by atoms with Crippen LogP contribution in [0.2, 0.25) is 0 Å². The number of nitrogens with one attached hydrogen (secondary N) is 1. The first kappa shape index (κ1) is 13.9. The molecule has 5 nitrogen and oxygen atoms in total. The van der Waals surface area contributed by atoms with Gasteiger partial charge < -0.3 is 20.3 Å². The van der Waals surface area contributed by atoms with E-state index in [4.69, 9.17) is 4.74 Å². The minimum Gasteiger partial charge on any atom is -0.508 e. The molecule has 18 heavy (non-hydrogen) atoms. The highest BCUT2D eigenvalue weighted by Gasteiger charge is 2.03. The molecule has 1 aromatic carbocycles. The van der Waals surface area contributed by atoms with E-state index in [-0.39, 0.29) is 23.2 Å². The number of phenols is 2. The molecule has 0 aliphatic heterocycles. The summed E-state index contributed by atoms with van der Waals surface area (Å²) in [4.78, 5) is 10.8. The van der Waals surface area contributed by atoms with Crippen LogP contribution in [-0.4, -0.2) is 29.3 Å². The van der Waals surface area contributed by atoms with Gasteiger partial charge in [0.2, 0.25) is 5.91 Å². The molecule has 0 aliphatic carbocycles. The van der Waals surface area contributed by atoms with Crippen molar-refractivity contribution in [2.75, 3.05) is 13.2 Å². The molecule has 0 spiro atoms. The van der Waals surface area contributed by atoms with Crippen molar-refractivity contribution in [3.8, 4) is 17.2 Å². The summed E-state index contributed by atoms with van der Waals surface area (Å²) in [7, 11) is 0. The summed E-state index contributed by atoms with van der Waals surface area (Å²) in [6.07, 6.45) is 2.72. The number of ether oxygens (including phenoxy) is 1. The van der Waals surface area contributed by atoms with Crippen molar-refractivity contribution >= 4 is 5.91 Å². The van der Waals surface area contributed by atoms with Crippen molar-refractivity contribution in [3.05, 3.63) is 30.9 Å². The average Bonchev–Trinajstić information content (AvgIpc) is 2.37. The SMILES string of the molecule is C=CC(=O)NCCCCOc1cc(O)ccc1O. The van der Waals surface area contributed by atoms with E-state index in [2.05, 4.69) is 11.9 Å². The molecule has 0 saturated heterocycles. The van der Waals surface area contributed by atoms with Gasteiger partial charge in [-0.25, -0.2) is 0 Å². The maximum Gasteiger partial charge on any atom is 0.243 e. The van der Waals surface area contributed by atoms with Gasteiger partial charge in [0.05, 0.1) is 6.61 Å². The van der Waals surface area contributed by atoms with Crippen LogP contribution in [0.15, 0.2) is 30.9 Å². The Labute approximate surface area is 106 Å². The van der Waals surface area contributed by atoms with Crippen LogP contribution in [-0.2, 0) is 4.79 Å². The van der Waals surface area contributed by atoms with Gasteiger partial charge in [0.1, 0.15) is 5.75 Å². The number of aromatic hydroxyl groups is 2. The predicted molar refractivity (Wildman–Crippen MR) is 67.7 cm³/mol. The van der Waals surface area contributed by atoms with E-state index in [1.165, 1.54) is 24.3 Å². The van der Waals surface area contributed by atoms with Gasteiger partial charge in [-0.1, -0.05) is 6.58 Å². The fourth-order valence-corrected chi connectivity index (χ4v) is 1.31. The Hall–Kier alpha value is -2.17. The first-order valence-electron chi connectivity index (χ1n) is 5.68. The predicted octanol–water partition coefficient (Wildman–Crippen LogP) is 1.56. The smallest absolute Gasteiger partial charge is 0.243 e. The fraction of sp³-hybridized carbons (Fsp3) is 0.308. The molecule has 3 N–H and O–H groups in total. The molecule has 0 atom stereocenters. The third-order valence-electron chi connectivity index (χ3n) is 2.26. The summed E-state index contributed by atoms with van der Waals surface area (Å²) in [6, 6.07) is 4.11. The second kappa shape index (κ2) is 7.21. The third kappa shape index (κ3) is 4.78. The Kier molecular flexibility index (Phi) is 5.57. The van der Waals surface area contributed by atoms with Gasteiger partial charge in [0, 0.05) is 12.6 Å². The number of hydrogen-bond acceptors (Lipinski definition) is 4. The van der Waals surface area contributed by atoms with Crippen molar-refractivity contribution in [2.24, 2.45) is 0 Å². The molecular weight excluding hydrogens is 234 g/mol. The third-order valence-corrected chi connectivity index (χ3v) is 2.26. The largest absolute Gasteiger partial charge is 0.508 e. The fourth-order valence-electron chi connectivity index (χ4n) is 1.31. The van der Waals surface area contributed by atoms with Crippen LogP contribution < -0.4 is 10.1 Å². The Morgan fingerprint density at radius 3 is 2.89 bits per heavy atom. The maximum atomic E-state index is 10.8. The number of rotatable bonds is 7. The Balaban J connectivity index is 2.19. The summed E-state index contributed by atoms with van der Waals surface area (Å²) in [5.41, 5.74) is 0. The van der Waals surface area contributed by atoms with E-state index in [0.717, 1.165) is 12.8 Å². The Bertz CT molecular complexity index is 417. The highest BCUT2D eigenvalue weighted by molar-refractivity contribution is 5.86. The summed E-state index contributed by atoms with van der Waals surface area (Å²) in [6.45, 7) is 4.30. The van der Waals surface area contributed by atoms with Gasteiger partial charge in [-0.05, 0) is 31.1 Å². The number of carbonyl (C=O) groups excluding carboxylic acids is 1. The van der Waals surface area contributed by atoms with Gasteiger partial charge in [-0.2, -0.15) is 0 Å². The maximum absolute atomic E-state index is 10.8. The van der Waals surface area contributed by atoms with Crippen molar-refractivity contribution in [1.82, 2.24) is 5.32 Å². The van der Waals surface area contributed by atoms with Crippen molar-refractivity contribution < 1.29 is 19.7 Å². The molecule has 0 aromatic heterocycles. The topological polar surface area (TPSA) is 78.8 Å². The van der Waals surface area contributed by atoms with Crippen LogP contribution >= 0.6 is 0 Å². The lowest BCUT2D eigenvalue weighted by Gasteiger charge is -2.08. The van der Waals surface area contributed by atoms with E-state index < -0.39 is 0 Å². The van der Waals surface area contributed by atoms with Crippen LogP contribution in [0.25, 0.3) is 0 Å². The molecule has 1 rings (SSSR count).